The van der Waals surface area contributed by atoms with Gasteiger partial charge in [0.05, 0.1) is 11.3 Å². The minimum Gasteiger partial charge on any atom is -0.366 e. The maximum atomic E-state index is 11.2. The maximum Gasteiger partial charge on any atom is 0.290 e. The van der Waals surface area contributed by atoms with Gasteiger partial charge in [0.25, 0.3) is 5.70 Å². The molecule has 0 amide bonds. The van der Waals surface area contributed by atoms with Crippen LogP contribution >= 0.6 is 0 Å². The summed E-state index contributed by atoms with van der Waals surface area (Å²) in [5.74, 6) is 0.675. The smallest absolute Gasteiger partial charge is 0.290 e. The van der Waals surface area contributed by atoms with E-state index in [0.717, 1.165) is 37.2 Å². The number of benzene rings is 1. The number of hydrogen-bond acceptors (Lipinski definition) is 4. The Labute approximate surface area is 117 Å². The minimum atomic E-state index is -0.265. The first kappa shape index (κ1) is 12.7. The molecule has 2 heterocycles. The van der Waals surface area contributed by atoms with Gasteiger partial charge in [-0.3, -0.25) is 10.1 Å². The van der Waals surface area contributed by atoms with E-state index >= 15 is 0 Å². The molecule has 1 fully saturated rings. The Hall–Kier alpha value is -2.30. The highest BCUT2D eigenvalue weighted by Gasteiger charge is 2.30. The van der Waals surface area contributed by atoms with Gasteiger partial charge in [0.1, 0.15) is 0 Å². The van der Waals surface area contributed by atoms with Crippen LogP contribution in [-0.2, 0) is 0 Å². The molecule has 0 atom stereocenters. The molecular weight excluding hydrogens is 254 g/mol. The third kappa shape index (κ3) is 2.27. The van der Waals surface area contributed by atoms with Crippen LogP contribution in [0.1, 0.15) is 24.8 Å². The average molecular weight is 271 g/mol. The van der Waals surface area contributed by atoms with E-state index in [4.69, 9.17) is 0 Å². The SMILES string of the molecule is O=[N+]([O-])C1=C2NCCCCN2C(c2ccccc2)=CC1. The summed E-state index contributed by atoms with van der Waals surface area (Å²) in [6.07, 6.45) is 4.40. The van der Waals surface area contributed by atoms with Gasteiger partial charge in [0.15, 0.2) is 5.82 Å². The van der Waals surface area contributed by atoms with Crippen molar-refractivity contribution in [2.24, 2.45) is 0 Å². The molecule has 1 aromatic carbocycles. The summed E-state index contributed by atoms with van der Waals surface area (Å²) >= 11 is 0. The van der Waals surface area contributed by atoms with Crippen molar-refractivity contribution in [2.45, 2.75) is 19.3 Å². The molecule has 0 spiro atoms. The van der Waals surface area contributed by atoms with Crippen LogP contribution in [0.25, 0.3) is 5.70 Å². The highest BCUT2D eigenvalue weighted by molar-refractivity contribution is 5.67. The number of fused-ring (bicyclic) bond motifs is 1. The fourth-order valence-corrected chi connectivity index (χ4v) is 2.75. The fourth-order valence-electron chi connectivity index (χ4n) is 2.75. The molecule has 5 nitrogen and oxygen atoms in total. The van der Waals surface area contributed by atoms with Gasteiger partial charge >= 0.3 is 0 Å². The van der Waals surface area contributed by atoms with Crippen LogP contribution in [0.15, 0.2) is 47.9 Å². The first-order valence-electron chi connectivity index (χ1n) is 6.92. The molecule has 0 aliphatic carbocycles. The molecule has 3 rings (SSSR count). The van der Waals surface area contributed by atoms with Crippen LogP contribution in [0.2, 0.25) is 0 Å². The van der Waals surface area contributed by atoms with Crippen molar-refractivity contribution in [1.82, 2.24) is 10.2 Å². The number of nitrogens with one attached hydrogen (secondary N) is 1. The monoisotopic (exact) mass is 271 g/mol. The lowest BCUT2D eigenvalue weighted by Gasteiger charge is -2.30. The Morgan fingerprint density at radius 2 is 2.00 bits per heavy atom. The van der Waals surface area contributed by atoms with Gasteiger partial charge < -0.3 is 10.2 Å². The minimum absolute atomic E-state index is 0.265. The summed E-state index contributed by atoms with van der Waals surface area (Å²) in [6.45, 7) is 1.62. The van der Waals surface area contributed by atoms with Gasteiger partial charge in [-0.05, 0) is 24.5 Å². The van der Waals surface area contributed by atoms with Crippen molar-refractivity contribution in [3.63, 3.8) is 0 Å². The number of nitro groups is 1. The highest BCUT2D eigenvalue weighted by atomic mass is 16.6. The fraction of sp³-hybridized carbons (Fsp3) is 0.333. The van der Waals surface area contributed by atoms with Crippen LogP contribution in [0, 0.1) is 10.1 Å². The van der Waals surface area contributed by atoms with Crippen molar-refractivity contribution < 1.29 is 4.92 Å². The quantitative estimate of drug-likeness (QED) is 0.663. The lowest BCUT2D eigenvalue weighted by Crippen LogP contribution is -2.34. The van der Waals surface area contributed by atoms with Crippen molar-refractivity contribution in [3.05, 3.63) is 63.6 Å². The molecule has 1 saturated heterocycles. The Kier molecular flexibility index (Phi) is 3.41. The summed E-state index contributed by atoms with van der Waals surface area (Å²) in [5, 5.41) is 14.5. The number of rotatable bonds is 2. The molecule has 5 heteroatoms. The van der Waals surface area contributed by atoms with Gasteiger partial charge in [-0.2, -0.15) is 0 Å². The number of nitrogens with zero attached hydrogens (tertiary/aromatic N) is 2. The zero-order chi connectivity index (χ0) is 13.9. The van der Waals surface area contributed by atoms with E-state index in [1.165, 1.54) is 0 Å². The van der Waals surface area contributed by atoms with Gasteiger partial charge in [-0.25, -0.2) is 0 Å². The maximum absolute atomic E-state index is 11.2. The standard InChI is InChI=1S/C15H17N3O2/c19-18(20)14-9-8-13(12-6-2-1-3-7-12)17-11-5-4-10-16-15(14)17/h1-3,6-8,16H,4-5,9-11H2. The largest absolute Gasteiger partial charge is 0.366 e. The van der Waals surface area contributed by atoms with E-state index < -0.39 is 0 Å². The first-order valence-corrected chi connectivity index (χ1v) is 6.92. The molecular formula is C15H17N3O2. The van der Waals surface area contributed by atoms with E-state index in [-0.39, 0.29) is 10.6 Å². The summed E-state index contributed by atoms with van der Waals surface area (Å²) in [5.41, 5.74) is 2.45. The molecule has 20 heavy (non-hydrogen) atoms. The third-order valence-corrected chi connectivity index (χ3v) is 3.71. The van der Waals surface area contributed by atoms with Gasteiger partial charge in [-0.15, -0.1) is 0 Å². The summed E-state index contributed by atoms with van der Waals surface area (Å²) in [4.78, 5) is 13.0. The zero-order valence-corrected chi connectivity index (χ0v) is 11.2. The van der Waals surface area contributed by atoms with Gasteiger partial charge in [0, 0.05) is 18.8 Å². The van der Waals surface area contributed by atoms with Crippen molar-refractivity contribution in [3.8, 4) is 0 Å². The molecule has 1 aromatic rings. The van der Waals surface area contributed by atoms with Crippen LogP contribution in [-0.4, -0.2) is 22.9 Å². The molecule has 0 saturated carbocycles. The summed E-state index contributed by atoms with van der Waals surface area (Å²) < 4.78 is 0. The van der Waals surface area contributed by atoms with Gasteiger partial charge in [-0.1, -0.05) is 30.3 Å². The Morgan fingerprint density at radius 3 is 2.75 bits per heavy atom. The average Bonchev–Trinajstić information content (AvgIpc) is 2.72. The lowest BCUT2D eigenvalue weighted by molar-refractivity contribution is -0.429. The second-order valence-electron chi connectivity index (χ2n) is 5.00. The second-order valence-corrected chi connectivity index (χ2v) is 5.00. The van der Waals surface area contributed by atoms with Gasteiger partial charge in [0.2, 0.25) is 0 Å². The number of allylic oxidation sites excluding steroid dienone is 1. The van der Waals surface area contributed by atoms with Crippen LogP contribution in [0.5, 0.6) is 0 Å². The van der Waals surface area contributed by atoms with Crippen molar-refractivity contribution in [1.29, 1.82) is 0 Å². The predicted octanol–water partition coefficient (Wildman–Crippen LogP) is 2.56. The van der Waals surface area contributed by atoms with E-state index in [2.05, 4.69) is 10.2 Å². The number of hydrogen-bond donors (Lipinski definition) is 1. The zero-order valence-electron chi connectivity index (χ0n) is 11.2. The molecule has 2 aliphatic heterocycles. The van der Waals surface area contributed by atoms with Crippen molar-refractivity contribution in [2.75, 3.05) is 13.1 Å². The topological polar surface area (TPSA) is 58.4 Å². The second kappa shape index (κ2) is 5.36. The first-order chi connectivity index (χ1) is 9.77. The summed E-state index contributed by atoms with van der Waals surface area (Å²) in [6, 6.07) is 10.1. The Morgan fingerprint density at radius 1 is 1.20 bits per heavy atom. The van der Waals surface area contributed by atoms with E-state index in [1.54, 1.807) is 0 Å². The summed E-state index contributed by atoms with van der Waals surface area (Å²) in [7, 11) is 0. The Balaban J connectivity index is 2.01. The van der Waals surface area contributed by atoms with E-state index in [9.17, 15) is 10.1 Å². The van der Waals surface area contributed by atoms with E-state index in [0.29, 0.717) is 12.2 Å². The van der Waals surface area contributed by atoms with Crippen LogP contribution in [0.4, 0.5) is 0 Å². The molecule has 0 unspecified atom stereocenters. The van der Waals surface area contributed by atoms with Crippen LogP contribution < -0.4 is 5.32 Å². The molecule has 2 aliphatic rings. The third-order valence-electron chi connectivity index (χ3n) is 3.71. The lowest BCUT2D eigenvalue weighted by atomic mass is 10.1. The molecule has 0 radical (unpaired) electrons. The Bertz CT molecular complexity index is 578. The molecule has 104 valence electrons. The molecule has 1 N–H and O–H groups in total. The van der Waals surface area contributed by atoms with Crippen LogP contribution in [0.3, 0.4) is 0 Å². The highest BCUT2D eigenvalue weighted by Crippen LogP contribution is 2.32. The van der Waals surface area contributed by atoms with E-state index in [1.807, 2.05) is 36.4 Å². The van der Waals surface area contributed by atoms with Crippen molar-refractivity contribution >= 4 is 5.70 Å². The molecule has 0 aromatic heterocycles. The normalized spacial score (nSPS) is 18.8. The predicted molar refractivity (Wildman–Crippen MR) is 77.0 cm³/mol. The molecule has 0 bridgehead atoms.